The lowest BCUT2D eigenvalue weighted by Crippen LogP contribution is -2.15. The molecule has 4 nitrogen and oxygen atoms in total. The van der Waals surface area contributed by atoms with Gasteiger partial charge in [0.05, 0.1) is 18.4 Å². The average Bonchev–Trinajstić information content (AvgIpc) is 2.56. The molecule has 24 heavy (non-hydrogen) atoms. The van der Waals surface area contributed by atoms with Crippen LogP contribution < -0.4 is 10.1 Å². The lowest BCUT2D eigenvalue weighted by molar-refractivity contribution is -0.116. The molecule has 0 spiro atoms. The fourth-order valence-corrected chi connectivity index (χ4v) is 2.21. The minimum absolute atomic E-state index is 0.0669. The first kappa shape index (κ1) is 17.6. The normalized spacial score (nSPS) is 10.3. The molecule has 0 aliphatic heterocycles. The number of rotatable bonds is 6. The first-order valence-corrected chi connectivity index (χ1v) is 7.33. The molecule has 0 aromatic heterocycles. The molecular weight excluding hydrogens is 316 g/mol. The number of anilines is 1. The molecule has 0 bridgehead atoms. The van der Waals surface area contributed by atoms with Crippen LogP contribution >= 0.6 is 0 Å². The van der Waals surface area contributed by atoms with Crippen molar-refractivity contribution in [3.63, 3.8) is 0 Å². The van der Waals surface area contributed by atoms with Gasteiger partial charge in [0, 0.05) is 18.9 Å². The molecule has 2 aromatic carbocycles. The largest absolute Gasteiger partial charge is 0.496 e. The molecule has 0 saturated carbocycles. The fourth-order valence-electron chi connectivity index (χ4n) is 2.21. The quantitative estimate of drug-likeness (QED) is 0.816. The summed E-state index contributed by atoms with van der Waals surface area (Å²) in [6, 6.07) is 7.95. The van der Waals surface area contributed by atoms with Gasteiger partial charge in [-0.05, 0) is 31.2 Å². The summed E-state index contributed by atoms with van der Waals surface area (Å²) in [5.41, 5.74) is 1.04. The van der Waals surface area contributed by atoms with Crippen molar-refractivity contribution < 1.29 is 23.1 Å². The Labute approximate surface area is 138 Å². The summed E-state index contributed by atoms with van der Waals surface area (Å²) < 4.78 is 31.7. The van der Waals surface area contributed by atoms with E-state index >= 15 is 0 Å². The SMILES string of the molecule is COc1ccc(C)cc1C(=O)CCC(=O)Nc1cc(F)ccc1F. The number of nitrogens with one attached hydrogen (secondary N) is 1. The number of hydrogen-bond donors (Lipinski definition) is 1. The Morgan fingerprint density at radius 3 is 2.54 bits per heavy atom. The zero-order valence-electron chi connectivity index (χ0n) is 13.4. The molecule has 2 rings (SSSR count). The van der Waals surface area contributed by atoms with Crippen LogP contribution in [0.1, 0.15) is 28.8 Å². The highest BCUT2D eigenvalue weighted by Gasteiger charge is 2.15. The number of amides is 1. The second-order valence-electron chi connectivity index (χ2n) is 5.30. The Bertz CT molecular complexity index is 775. The standard InChI is InChI=1S/C18H17F2NO3/c1-11-3-7-17(24-2)13(9-11)16(22)6-8-18(23)21-15-10-12(19)4-5-14(15)20/h3-5,7,9-10H,6,8H2,1-2H3,(H,21,23). The topological polar surface area (TPSA) is 55.4 Å². The number of aryl methyl sites for hydroxylation is 1. The number of methoxy groups -OCH3 is 1. The Balaban J connectivity index is 2.00. The maximum atomic E-state index is 13.5. The predicted octanol–water partition coefficient (Wildman–Crippen LogP) is 3.88. The van der Waals surface area contributed by atoms with E-state index in [1.54, 1.807) is 12.1 Å². The minimum Gasteiger partial charge on any atom is -0.496 e. The number of Topliss-reactive ketones (excluding diaryl/α,β-unsaturated/α-hetero) is 1. The number of ether oxygens (including phenoxy) is 1. The van der Waals surface area contributed by atoms with Crippen LogP contribution in [0.3, 0.4) is 0 Å². The Hall–Kier alpha value is -2.76. The van der Waals surface area contributed by atoms with Gasteiger partial charge in [-0.3, -0.25) is 9.59 Å². The highest BCUT2D eigenvalue weighted by Crippen LogP contribution is 2.22. The van der Waals surface area contributed by atoms with Gasteiger partial charge in [0.15, 0.2) is 5.78 Å². The summed E-state index contributed by atoms with van der Waals surface area (Å²) in [5.74, 6) is -1.80. The average molecular weight is 333 g/mol. The molecular formula is C18H17F2NO3. The molecule has 0 radical (unpaired) electrons. The zero-order valence-corrected chi connectivity index (χ0v) is 13.4. The highest BCUT2D eigenvalue weighted by atomic mass is 19.1. The Morgan fingerprint density at radius 1 is 1.08 bits per heavy atom. The van der Waals surface area contributed by atoms with Gasteiger partial charge in [-0.2, -0.15) is 0 Å². The third-order valence-electron chi connectivity index (χ3n) is 3.44. The van der Waals surface area contributed by atoms with E-state index in [2.05, 4.69) is 5.32 Å². The van der Waals surface area contributed by atoms with Gasteiger partial charge in [-0.25, -0.2) is 8.78 Å². The van der Waals surface area contributed by atoms with Gasteiger partial charge >= 0.3 is 0 Å². The van der Waals surface area contributed by atoms with E-state index in [0.29, 0.717) is 11.3 Å². The molecule has 0 aliphatic rings. The van der Waals surface area contributed by atoms with Gasteiger partial charge in [0.25, 0.3) is 0 Å². The Morgan fingerprint density at radius 2 is 1.83 bits per heavy atom. The molecule has 1 N–H and O–H groups in total. The molecule has 1 amide bonds. The monoisotopic (exact) mass is 333 g/mol. The summed E-state index contributed by atoms with van der Waals surface area (Å²) in [6.07, 6.45) is -0.214. The van der Waals surface area contributed by atoms with E-state index < -0.39 is 17.5 Å². The molecule has 126 valence electrons. The molecule has 6 heteroatoms. The number of halogens is 2. The van der Waals surface area contributed by atoms with Crippen molar-refractivity contribution in [2.24, 2.45) is 0 Å². The molecule has 0 atom stereocenters. The number of benzene rings is 2. The van der Waals surface area contributed by atoms with Crippen LogP contribution in [0, 0.1) is 18.6 Å². The van der Waals surface area contributed by atoms with Gasteiger partial charge in [0.1, 0.15) is 17.4 Å². The number of carbonyl (C=O) groups is 2. The Kier molecular flexibility index (Phi) is 5.63. The maximum Gasteiger partial charge on any atom is 0.224 e. The highest BCUT2D eigenvalue weighted by molar-refractivity contribution is 6.01. The van der Waals surface area contributed by atoms with Crippen molar-refractivity contribution in [3.8, 4) is 5.75 Å². The maximum absolute atomic E-state index is 13.5. The molecule has 0 saturated heterocycles. The van der Waals surface area contributed by atoms with Crippen molar-refractivity contribution in [1.29, 1.82) is 0 Å². The van der Waals surface area contributed by atoms with Gasteiger partial charge < -0.3 is 10.1 Å². The molecule has 0 unspecified atom stereocenters. The van der Waals surface area contributed by atoms with Crippen molar-refractivity contribution in [1.82, 2.24) is 0 Å². The third kappa shape index (κ3) is 4.38. The summed E-state index contributed by atoms with van der Waals surface area (Å²) >= 11 is 0. The summed E-state index contributed by atoms with van der Waals surface area (Å²) in [6.45, 7) is 1.84. The molecule has 0 fully saturated rings. The van der Waals surface area contributed by atoms with Gasteiger partial charge in [-0.1, -0.05) is 11.6 Å². The molecule has 0 aliphatic carbocycles. The van der Waals surface area contributed by atoms with Crippen LogP contribution in [0.2, 0.25) is 0 Å². The molecule has 2 aromatic rings. The van der Waals surface area contributed by atoms with Crippen LogP contribution in [-0.4, -0.2) is 18.8 Å². The minimum atomic E-state index is -0.739. The second kappa shape index (κ2) is 7.68. The number of hydrogen-bond acceptors (Lipinski definition) is 3. The molecule has 0 heterocycles. The number of ketones is 1. The van der Waals surface area contributed by atoms with E-state index in [9.17, 15) is 18.4 Å². The van der Waals surface area contributed by atoms with Crippen molar-refractivity contribution in [2.75, 3.05) is 12.4 Å². The van der Waals surface area contributed by atoms with E-state index in [4.69, 9.17) is 4.74 Å². The summed E-state index contributed by atoms with van der Waals surface area (Å²) in [5, 5.41) is 2.26. The smallest absolute Gasteiger partial charge is 0.224 e. The van der Waals surface area contributed by atoms with Crippen LogP contribution in [0.5, 0.6) is 5.75 Å². The zero-order chi connectivity index (χ0) is 17.7. The van der Waals surface area contributed by atoms with E-state index in [1.807, 2.05) is 13.0 Å². The lowest BCUT2D eigenvalue weighted by Gasteiger charge is -2.09. The van der Waals surface area contributed by atoms with Gasteiger partial charge in [0.2, 0.25) is 5.91 Å². The first-order valence-electron chi connectivity index (χ1n) is 7.33. The van der Waals surface area contributed by atoms with Crippen LogP contribution in [0.4, 0.5) is 14.5 Å². The lowest BCUT2D eigenvalue weighted by atomic mass is 10.0. The van der Waals surface area contributed by atoms with Crippen molar-refractivity contribution in [2.45, 2.75) is 19.8 Å². The van der Waals surface area contributed by atoms with Crippen LogP contribution in [-0.2, 0) is 4.79 Å². The van der Waals surface area contributed by atoms with E-state index in [-0.39, 0.29) is 24.3 Å². The first-order chi connectivity index (χ1) is 11.4. The summed E-state index contributed by atoms with van der Waals surface area (Å²) in [7, 11) is 1.46. The van der Waals surface area contributed by atoms with Crippen molar-refractivity contribution in [3.05, 3.63) is 59.2 Å². The van der Waals surface area contributed by atoms with E-state index in [1.165, 1.54) is 7.11 Å². The van der Waals surface area contributed by atoms with Crippen molar-refractivity contribution >= 4 is 17.4 Å². The van der Waals surface area contributed by atoms with E-state index in [0.717, 1.165) is 23.8 Å². The third-order valence-corrected chi connectivity index (χ3v) is 3.44. The van der Waals surface area contributed by atoms with Crippen LogP contribution in [0.15, 0.2) is 36.4 Å². The number of carbonyl (C=O) groups excluding carboxylic acids is 2. The fraction of sp³-hybridized carbons (Fsp3) is 0.222. The summed E-state index contributed by atoms with van der Waals surface area (Å²) in [4.78, 5) is 24.1. The second-order valence-corrected chi connectivity index (χ2v) is 5.30. The van der Waals surface area contributed by atoms with Gasteiger partial charge in [-0.15, -0.1) is 0 Å². The van der Waals surface area contributed by atoms with Crippen LogP contribution in [0.25, 0.3) is 0 Å². The predicted molar refractivity (Wildman–Crippen MR) is 86.3 cm³/mol.